The Balaban J connectivity index is 2.15. The number of hydrogen-bond donors (Lipinski definition) is 0. The van der Waals surface area contributed by atoms with E-state index in [0.717, 1.165) is 6.07 Å². The quantitative estimate of drug-likeness (QED) is 0.385. The molecule has 1 heterocycles. The second kappa shape index (κ2) is 6.59. The molecule has 0 saturated carbocycles. The van der Waals surface area contributed by atoms with E-state index >= 15 is 0 Å². The lowest BCUT2D eigenvalue weighted by atomic mass is 10.1. The Morgan fingerprint density at radius 2 is 1.85 bits per heavy atom. The highest BCUT2D eigenvalue weighted by atomic mass is 35.5. The first-order chi connectivity index (χ1) is 12.1. The molecule has 0 N–H and O–H groups in total. The van der Waals surface area contributed by atoms with Crippen molar-refractivity contribution in [3.63, 3.8) is 0 Å². The van der Waals surface area contributed by atoms with Crippen molar-refractivity contribution in [2.45, 2.75) is 12.6 Å². The molecule has 2 nitrogen and oxygen atoms in total. The van der Waals surface area contributed by atoms with E-state index in [1.165, 1.54) is 29.8 Å². The second-order valence-electron chi connectivity index (χ2n) is 5.81. The van der Waals surface area contributed by atoms with Crippen LogP contribution < -0.4 is 0 Å². The lowest BCUT2D eigenvalue weighted by molar-refractivity contribution is -0.137. The van der Waals surface area contributed by atoms with Crippen LogP contribution in [-0.2, 0) is 19.6 Å². The van der Waals surface area contributed by atoms with E-state index in [4.69, 9.17) is 23.2 Å². The second-order valence-corrected chi connectivity index (χ2v) is 6.59. The van der Waals surface area contributed by atoms with Crippen molar-refractivity contribution in [2.24, 2.45) is 7.05 Å². The number of aldehydes is 1. The molecule has 3 aromatic rings. The normalized spacial score (nSPS) is 12.0. The van der Waals surface area contributed by atoms with Crippen LogP contribution in [0.3, 0.4) is 0 Å². The average Bonchev–Trinajstić information content (AvgIpc) is 2.88. The summed E-state index contributed by atoms with van der Waals surface area (Å²) >= 11 is 12.3. The van der Waals surface area contributed by atoms with Crippen molar-refractivity contribution in [1.82, 2.24) is 4.57 Å². The number of carbonyl (C=O) groups is 1. The van der Waals surface area contributed by atoms with E-state index < -0.39 is 17.6 Å². The summed E-state index contributed by atoms with van der Waals surface area (Å²) in [5.74, 6) is -0.962. The third-order valence-electron chi connectivity index (χ3n) is 4.24. The van der Waals surface area contributed by atoms with Gasteiger partial charge in [-0.05, 0) is 35.9 Å². The van der Waals surface area contributed by atoms with Crippen LogP contribution in [0.25, 0.3) is 10.9 Å². The largest absolute Gasteiger partial charge is 0.416 e. The van der Waals surface area contributed by atoms with Gasteiger partial charge in [-0.3, -0.25) is 4.79 Å². The van der Waals surface area contributed by atoms with Crippen molar-refractivity contribution < 1.29 is 22.4 Å². The van der Waals surface area contributed by atoms with Crippen LogP contribution in [0.5, 0.6) is 0 Å². The monoisotopic (exact) mass is 403 g/mol. The van der Waals surface area contributed by atoms with Gasteiger partial charge >= 0.3 is 6.18 Å². The molecule has 0 amide bonds. The SMILES string of the molecule is Cn1c(Cc2c(Cl)ccc(C=O)c2Cl)cc2c(F)cc(C(F)(F)F)cc21. The third kappa shape index (κ3) is 3.19. The van der Waals surface area contributed by atoms with E-state index in [0.29, 0.717) is 28.6 Å². The van der Waals surface area contributed by atoms with Gasteiger partial charge in [0.2, 0.25) is 0 Å². The lowest BCUT2D eigenvalue weighted by Crippen LogP contribution is -2.06. The number of nitrogens with zero attached hydrogens (tertiary/aromatic N) is 1. The Labute approximate surface area is 155 Å². The Kier molecular flexibility index (Phi) is 4.75. The first-order valence-corrected chi connectivity index (χ1v) is 8.16. The van der Waals surface area contributed by atoms with Gasteiger partial charge in [0, 0.05) is 35.1 Å². The van der Waals surface area contributed by atoms with Gasteiger partial charge in [-0.1, -0.05) is 23.2 Å². The van der Waals surface area contributed by atoms with Crippen LogP contribution in [-0.4, -0.2) is 10.9 Å². The van der Waals surface area contributed by atoms with Gasteiger partial charge in [0.15, 0.2) is 6.29 Å². The predicted molar refractivity (Wildman–Crippen MR) is 92.5 cm³/mol. The zero-order valence-corrected chi connectivity index (χ0v) is 14.8. The molecule has 0 aliphatic rings. The number of halogens is 6. The molecule has 2 aromatic carbocycles. The summed E-state index contributed by atoms with van der Waals surface area (Å²) < 4.78 is 54.4. The molecule has 0 saturated heterocycles. The molecule has 0 bridgehead atoms. The van der Waals surface area contributed by atoms with Crippen LogP contribution in [0.15, 0.2) is 30.3 Å². The smallest absolute Gasteiger partial charge is 0.347 e. The molecule has 0 aliphatic heterocycles. The summed E-state index contributed by atoms with van der Waals surface area (Å²) in [6.07, 6.45) is -3.94. The highest BCUT2D eigenvalue weighted by Crippen LogP contribution is 2.35. The summed E-state index contributed by atoms with van der Waals surface area (Å²) in [6, 6.07) is 5.80. The van der Waals surface area contributed by atoms with E-state index in [1.807, 2.05) is 0 Å². The van der Waals surface area contributed by atoms with E-state index in [-0.39, 0.29) is 27.9 Å². The maximum atomic E-state index is 14.2. The fourth-order valence-electron chi connectivity index (χ4n) is 2.83. The van der Waals surface area contributed by atoms with Crippen LogP contribution in [0.1, 0.15) is 27.2 Å². The van der Waals surface area contributed by atoms with Gasteiger partial charge in [-0.15, -0.1) is 0 Å². The van der Waals surface area contributed by atoms with Gasteiger partial charge in [0.1, 0.15) is 5.82 Å². The molecule has 0 unspecified atom stereocenters. The van der Waals surface area contributed by atoms with Crippen molar-refractivity contribution in [3.05, 3.63) is 68.6 Å². The highest BCUT2D eigenvalue weighted by molar-refractivity contribution is 6.37. The molecule has 0 atom stereocenters. The maximum Gasteiger partial charge on any atom is 0.416 e. The van der Waals surface area contributed by atoms with Crippen molar-refractivity contribution >= 4 is 40.4 Å². The van der Waals surface area contributed by atoms with E-state index in [2.05, 4.69) is 0 Å². The van der Waals surface area contributed by atoms with Crippen LogP contribution in [0.4, 0.5) is 17.6 Å². The van der Waals surface area contributed by atoms with Crippen LogP contribution in [0.2, 0.25) is 10.0 Å². The summed E-state index contributed by atoms with van der Waals surface area (Å²) in [5, 5.41) is 0.533. The molecule has 0 spiro atoms. The minimum atomic E-state index is -4.65. The molecule has 0 fully saturated rings. The summed E-state index contributed by atoms with van der Waals surface area (Å²) in [6.45, 7) is 0. The van der Waals surface area contributed by atoms with Crippen LogP contribution >= 0.6 is 23.2 Å². The Bertz CT molecular complexity index is 1020. The molecule has 8 heteroatoms. The molecular weight excluding hydrogens is 393 g/mol. The number of carbonyl (C=O) groups excluding carboxylic acids is 1. The van der Waals surface area contributed by atoms with Crippen LogP contribution in [0, 0.1) is 5.82 Å². The van der Waals surface area contributed by atoms with E-state index in [1.54, 1.807) is 0 Å². The third-order valence-corrected chi connectivity index (χ3v) is 5.04. The van der Waals surface area contributed by atoms with Crippen molar-refractivity contribution in [2.75, 3.05) is 0 Å². The number of alkyl halides is 3. The number of aromatic nitrogens is 1. The number of hydrogen-bond acceptors (Lipinski definition) is 1. The van der Waals surface area contributed by atoms with Crippen molar-refractivity contribution in [3.8, 4) is 0 Å². The molecule has 1 aromatic heterocycles. The standard InChI is InChI=1S/C18H11Cl2F4NO/c1-25-11(6-12-14(19)3-2-9(8-26)17(12)20)7-13-15(21)4-10(5-16(13)25)18(22,23)24/h2-5,7-8H,6H2,1H3. The lowest BCUT2D eigenvalue weighted by Gasteiger charge is -2.11. The zero-order valence-electron chi connectivity index (χ0n) is 13.3. The zero-order chi connectivity index (χ0) is 19.2. The topological polar surface area (TPSA) is 22.0 Å². The van der Waals surface area contributed by atoms with Gasteiger partial charge in [0.25, 0.3) is 0 Å². The Morgan fingerprint density at radius 1 is 1.15 bits per heavy atom. The first-order valence-electron chi connectivity index (χ1n) is 7.40. The number of aryl methyl sites for hydroxylation is 1. The van der Waals surface area contributed by atoms with E-state index in [9.17, 15) is 22.4 Å². The molecule has 0 radical (unpaired) electrons. The number of benzene rings is 2. The minimum absolute atomic E-state index is 0.0642. The Hall–Kier alpha value is -2.05. The fourth-order valence-corrected chi connectivity index (χ4v) is 3.37. The van der Waals surface area contributed by atoms with Crippen molar-refractivity contribution in [1.29, 1.82) is 0 Å². The first kappa shape index (κ1) is 18.7. The van der Waals surface area contributed by atoms with Gasteiger partial charge in [-0.25, -0.2) is 4.39 Å². The van der Waals surface area contributed by atoms with Gasteiger partial charge in [-0.2, -0.15) is 13.2 Å². The fraction of sp³-hybridized carbons (Fsp3) is 0.167. The molecular formula is C18H11Cl2F4NO. The maximum absolute atomic E-state index is 14.2. The minimum Gasteiger partial charge on any atom is -0.347 e. The Morgan fingerprint density at radius 3 is 2.46 bits per heavy atom. The summed E-state index contributed by atoms with van der Waals surface area (Å²) in [7, 11) is 1.53. The molecule has 0 aliphatic carbocycles. The molecule has 3 rings (SSSR count). The number of fused-ring (bicyclic) bond motifs is 1. The van der Waals surface area contributed by atoms with Gasteiger partial charge < -0.3 is 4.57 Å². The highest BCUT2D eigenvalue weighted by Gasteiger charge is 2.32. The number of rotatable bonds is 3. The summed E-state index contributed by atoms with van der Waals surface area (Å²) in [4.78, 5) is 11.0. The van der Waals surface area contributed by atoms with Gasteiger partial charge in [0.05, 0.1) is 16.1 Å². The average molecular weight is 404 g/mol. The molecule has 136 valence electrons. The predicted octanol–water partition coefficient (Wildman–Crippen LogP) is 6.05. The summed E-state index contributed by atoms with van der Waals surface area (Å²) in [5.41, 5.74) is 0.237. The molecule has 26 heavy (non-hydrogen) atoms.